The van der Waals surface area contributed by atoms with Crippen molar-refractivity contribution in [3.05, 3.63) is 60.2 Å². The van der Waals surface area contributed by atoms with Crippen LogP contribution in [0, 0.1) is 5.92 Å². The van der Waals surface area contributed by atoms with Gasteiger partial charge in [0.15, 0.2) is 0 Å². The monoisotopic (exact) mass is 411 g/mol. The first-order valence-electron chi connectivity index (χ1n) is 9.72. The van der Waals surface area contributed by atoms with Crippen molar-refractivity contribution >= 4 is 40.0 Å². The summed E-state index contributed by atoms with van der Waals surface area (Å²) in [5, 5.41) is -0.458. The smallest absolute Gasteiger partial charge is 0.253 e. The van der Waals surface area contributed by atoms with Crippen molar-refractivity contribution in [2.75, 3.05) is 42.5 Å². The van der Waals surface area contributed by atoms with Crippen LogP contribution in [0.15, 0.2) is 54.6 Å². The maximum Gasteiger partial charge on any atom is 0.253 e. The van der Waals surface area contributed by atoms with Gasteiger partial charge in [0.1, 0.15) is 0 Å². The van der Waals surface area contributed by atoms with Crippen LogP contribution >= 0.6 is 11.6 Å². The molecule has 2 heterocycles. The minimum Gasteiger partial charge on any atom is -0.368 e. The molecule has 0 aliphatic carbocycles. The fraction of sp³-hybridized carbons (Fsp3) is 0.318. The first-order valence-corrected chi connectivity index (χ1v) is 10.1. The third kappa shape index (κ3) is 4.12. The molecule has 2 aliphatic rings. The molecule has 2 aromatic rings. The van der Waals surface area contributed by atoms with Crippen LogP contribution in [0.3, 0.4) is 0 Å². The highest BCUT2D eigenvalue weighted by molar-refractivity contribution is 6.64. The van der Waals surface area contributed by atoms with E-state index in [1.165, 1.54) is 0 Å². The lowest BCUT2D eigenvalue weighted by Gasteiger charge is -2.36. The topological polar surface area (TPSA) is 60.9 Å². The van der Waals surface area contributed by atoms with Crippen LogP contribution in [0.1, 0.15) is 16.8 Å². The molecule has 1 atom stereocenters. The Hall–Kier alpha value is -2.86. The third-order valence-corrected chi connectivity index (χ3v) is 5.87. The second-order valence-electron chi connectivity index (χ2n) is 7.37. The second kappa shape index (κ2) is 8.25. The van der Waals surface area contributed by atoms with E-state index in [1.807, 2.05) is 59.5 Å². The lowest BCUT2D eigenvalue weighted by molar-refractivity contribution is -0.120. The Morgan fingerprint density at radius 3 is 2.07 bits per heavy atom. The van der Waals surface area contributed by atoms with Crippen LogP contribution in [-0.4, -0.2) is 54.7 Å². The van der Waals surface area contributed by atoms with Gasteiger partial charge in [-0.15, -0.1) is 0 Å². The summed E-state index contributed by atoms with van der Waals surface area (Å²) in [4.78, 5) is 41.8. The standard InChI is InChI=1S/C22H22ClN3O3/c23-21(28)17-14-20(27)26(15-17)19-8-6-18(7-9-19)24-10-12-25(13-11-24)22(29)16-4-2-1-3-5-16/h1-9,17H,10-15H2/t17-/m0/s1. The lowest BCUT2D eigenvalue weighted by atomic mass is 10.1. The van der Waals surface area contributed by atoms with Gasteiger partial charge in [-0.25, -0.2) is 0 Å². The van der Waals surface area contributed by atoms with E-state index >= 15 is 0 Å². The van der Waals surface area contributed by atoms with E-state index in [9.17, 15) is 14.4 Å². The molecule has 0 spiro atoms. The Morgan fingerprint density at radius 1 is 0.862 bits per heavy atom. The number of rotatable bonds is 4. The zero-order valence-corrected chi connectivity index (χ0v) is 16.7. The van der Waals surface area contributed by atoms with Crippen molar-refractivity contribution in [2.45, 2.75) is 6.42 Å². The van der Waals surface area contributed by atoms with Crippen molar-refractivity contribution in [3.63, 3.8) is 0 Å². The predicted octanol–water partition coefficient (Wildman–Crippen LogP) is 2.77. The zero-order valence-electron chi connectivity index (χ0n) is 16.0. The summed E-state index contributed by atoms with van der Waals surface area (Å²) >= 11 is 5.55. The van der Waals surface area contributed by atoms with Crippen LogP contribution in [0.5, 0.6) is 0 Å². The second-order valence-corrected chi connectivity index (χ2v) is 7.74. The third-order valence-electron chi connectivity index (χ3n) is 5.56. The Kier molecular flexibility index (Phi) is 5.53. The van der Waals surface area contributed by atoms with Crippen molar-refractivity contribution in [2.24, 2.45) is 5.92 Å². The molecule has 6 nitrogen and oxygen atoms in total. The number of hydrogen-bond acceptors (Lipinski definition) is 4. The number of carbonyl (C=O) groups excluding carboxylic acids is 3. The van der Waals surface area contributed by atoms with E-state index in [0.29, 0.717) is 25.2 Å². The summed E-state index contributed by atoms with van der Waals surface area (Å²) in [6.07, 6.45) is 0.168. The van der Waals surface area contributed by atoms with E-state index in [-0.39, 0.29) is 18.2 Å². The number of halogens is 1. The molecule has 2 saturated heterocycles. The highest BCUT2D eigenvalue weighted by atomic mass is 35.5. The Morgan fingerprint density at radius 2 is 1.48 bits per heavy atom. The zero-order chi connectivity index (χ0) is 20.4. The molecular weight excluding hydrogens is 390 g/mol. The Balaban J connectivity index is 1.37. The molecule has 2 aromatic carbocycles. The first-order chi connectivity index (χ1) is 14.0. The number of benzene rings is 2. The van der Waals surface area contributed by atoms with Gasteiger partial charge in [0.2, 0.25) is 11.1 Å². The highest BCUT2D eigenvalue weighted by Crippen LogP contribution is 2.28. The van der Waals surface area contributed by atoms with Gasteiger partial charge in [-0.2, -0.15) is 0 Å². The van der Waals surface area contributed by atoms with Gasteiger partial charge >= 0.3 is 0 Å². The molecule has 2 amide bonds. The predicted molar refractivity (Wildman–Crippen MR) is 112 cm³/mol. The van der Waals surface area contributed by atoms with Crippen LogP contribution in [0.4, 0.5) is 11.4 Å². The number of piperazine rings is 1. The lowest BCUT2D eigenvalue weighted by Crippen LogP contribution is -2.48. The number of anilines is 2. The molecule has 2 aliphatic heterocycles. The molecule has 4 rings (SSSR count). The molecule has 150 valence electrons. The molecule has 0 aromatic heterocycles. The van der Waals surface area contributed by atoms with Gasteiger partial charge < -0.3 is 14.7 Å². The maximum atomic E-state index is 12.6. The number of amides is 2. The summed E-state index contributed by atoms with van der Waals surface area (Å²) < 4.78 is 0. The van der Waals surface area contributed by atoms with Gasteiger partial charge in [-0.1, -0.05) is 18.2 Å². The average Bonchev–Trinajstić information content (AvgIpc) is 3.16. The fourth-order valence-corrected chi connectivity index (χ4v) is 4.03. The minimum absolute atomic E-state index is 0.0662. The molecule has 2 fully saturated rings. The van der Waals surface area contributed by atoms with Crippen molar-refractivity contribution in [1.82, 2.24) is 4.90 Å². The summed E-state index contributed by atoms with van der Waals surface area (Å²) in [6.45, 7) is 3.17. The number of hydrogen-bond donors (Lipinski definition) is 0. The SMILES string of the molecule is O=C(Cl)[C@H]1CC(=O)N(c2ccc(N3CCN(C(=O)c4ccccc4)CC3)cc2)C1. The van der Waals surface area contributed by atoms with Crippen molar-refractivity contribution < 1.29 is 14.4 Å². The first kappa shape index (κ1) is 19.5. The van der Waals surface area contributed by atoms with Gasteiger partial charge in [0.25, 0.3) is 5.91 Å². The molecule has 7 heteroatoms. The van der Waals surface area contributed by atoms with Crippen LogP contribution in [-0.2, 0) is 9.59 Å². The molecular formula is C22H22ClN3O3. The van der Waals surface area contributed by atoms with Crippen molar-refractivity contribution in [3.8, 4) is 0 Å². The summed E-state index contributed by atoms with van der Waals surface area (Å²) in [5.41, 5.74) is 2.54. The highest BCUT2D eigenvalue weighted by Gasteiger charge is 2.34. The summed E-state index contributed by atoms with van der Waals surface area (Å²) in [5.74, 6) is -0.444. The summed E-state index contributed by atoms with van der Waals surface area (Å²) in [7, 11) is 0. The molecule has 0 bridgehead atoms. The van der Waals surface area contributed by atoms with Gasteiger partial charge in [-0.3, -0.25) is 14.4 Å². The Bertz CT molecular complexity index is 909. The van der Waals surface area contributed by atoms with Gasteiger partial charge in [-0.05, 0) is 48.0 Å². The van der Waals surface area contributed by atoms with E-state index in [1.54, 1.807) is 4.90 Å². The molecule has 0 radical (unpaired) electrons. The normalized spacial score (nSPS) is 19.6. The molecule has 29 heavy (non-hydrogen) atoms. The number of carbonyl (C=O) groups is 3. The summed E-state index contributed by atoms with van der Waals surface area (Å²) in [6, 6.07) is 17.1. The van der Waals surface area contributed by atoms with Crippen molar-refractivity contribution in [1.29, 1.82) is 0 Å². The van der Waals surface area contributed by atoms with E-state index in [4.69, 9.17) is 11.6 Å². The molecule has 0 N–H and O–H groups in total. The Labute approximate surface area is 174 Å². The molecule has 0 unspecified atom stereocenters. The van der Waals surface area contributed by atoms with Crippen LogP contribution in [0.2, 0.25) is 0 Å². The number of nitrogens with zero attached hydrogens (tertiary/aromatic N) is 3. The fourth-order valence-electron chi connectivity index (χ4n) is 3.88. The van der Waals surface area contributed by atoms with E-state index in [0.717, 1.165) is 24.5 Å². The van der Waals surface area contributed by atoms with Gasteiger partial charge in [0, 0.05) is 56.1 Å². The van der Waals surface area contributed by atoms with E-state index < -0.39 is 11.2 Å². The van der Waals surface area contributed by atoms with Gasteiger partial charge in [0.05, 0.1) is 5.92 Å². The maximum absolute atomic E-state index is 12.6. The van der Waals surface area contributed by atoms with Crippen LogP contribution < -0.4 is 9.80 Å². The molecule has 0 saturated carbocycles. The van der Waals surface area contributed by atoms with E-state index in [2.05, 4.69) is 4.90 Å². The quantitative estimate of drug-likeness (QED) is 0.726. The largest absolute Gasteiger partial charge is 0.368 e. The van der Waals surface area contributed by atoms with Crippen LogP contribution in [0.25, 0.3) is 0 Å². The minimum atomic E-state index is -0.458. The average molecular weight is 412 g/mol.